The number of hydrogen-bond acceptors (Lipinski definition) is 4. The second kappa shape index (κ2) is 6.76. The Morgan fingerprint density at radius 3 is 2.52 bits per heavy atom. The van der Waals surface area contributed by atoms with Crippen LogP contribution in [0.4, 0.5) is 4.39 Å². The van der Waals surface area contributed by atoms with Crippen LogP contribution in [0, 0.1) is 18.7 Å². The molecule has 0 aliphatic heterocycles. The molecule has 1 heterocycles. The zero-order valence-electron chi connectivity index (χ0n) is 13.8. The van der Waals surface area contributed by atoms with Crippen molar-refractivity contribution in [3.8, 4) is 10.6 Å². The molecule has 0 spiro atoms. The first-order valence-electron chi connectivity index (χ1n) is 7.53. The lowest BCUT2D eigenvalue weighted by Gasteiger charge is -2.33. The number of rotatable bonds is 5. The Kier molecular flexibility index (Phi) is 5.16. The number of nitrogens with two attached hydrogens (primary N) is 1. The molecule has 23 heavy (non-hydrogen) atoms. The zero-order valence-corrected chi connectivity index (χ0v) is 14.6. The normalized spacial score (nSPS) is 13.9. The molecule has 1 unspecified atom stereocenters. The number of thiazole rings is 1. The minimum absolute atomic E-state index is 0.171. The number of aryl methyl sites for hydroxylation is 1. The van der Waals surface area contributed by atoms with Crippen LogP contribution in [-0.4, -0.2) is 23.0 Å². The molecular formula is C17H22FN3OS. The number of carbonyl (C=O) groups is 1. The van der Waals surface area contributed by atoms with E-state index in [1.807, 2.05) is 20.8 Å². The Bertz CT molecular complexity index is 696. The topological polar surface area (TPSA) is 68.0 Å². The van der Waals surface area contributed by atoms with Gasteiger partial charge in [0.15, 0.2) is 0 Å². The van der Waals surface area contributed by atoms with Crippen molar-refractivity contribution in [1.29, 1.82) is 0 Å². The Balaban J connectivity index is 2.27. The van der Waals surface area contributed by atoms with Crippen LogP contribution in [-0.2, 0) is 0 Å². The van der Waals surface area contributed by atoms with Gasteiger partial charge in [-0.1, -0.05) is 13.8 Å². The molecule has 6 heteroatoms. The number of halogens is 1. The monoisotopic (exact) mass is 335 g/mol. The van der Waals surface area contributed by atoms with E-state index >= 15 is 0 Å². The average Bonchev–Trinajstić information content (AvgIpc) is 2.89. The molecule has 0 saturated carbocycles. The second-order valence-electron chi connectivity index (χ2n) is 6.17. The van der Waals surface area contributed by atoms with Crippen molar-refractivity contribution in [3.05, 3.63) is 40.7 Å². The molecule has 1 atom stereocenters. The molecule has 0 fully saturated rings. The number of nitrogens with zero attached hydrogens (tertiary/aromatic N) is 1. The first-order chi connectivity index (χ1) is 10.8. The van der Waals surface area contributed by atoms with E-state index in [4.69, 9.17) is 5.73 Å². The fraction of sp³-hybridized carbons (Fsp3) is 0.412. The van der Waals surface area contributed by atoms with Crippen molar-refractivity contribution in [3.63, 3.8) is 0 Å². The summed E-state index contributed by atoms with van der Waals surface area (Å²) in [6.07, 6.45) is 0. The summed E-state index contributed by atoms with van der Waals surface area (Å²) < 4.78 is 13.0. The molecule has 2 rings (SSSR count). The van der Waals surface area contributed by atoms with Crippen LogP contribution < -0.4 is 11.1 Å². The maximum Gasteiger partial charge on any atom is 0.263 e. The molecule has 1 aromatic carbocycles. The van der Waals surface area contributed by atoms with Gasteiger partial charge in [-0.3, -0.25) is 4.79 Å². The van der Waals surface area contributed by atoms with Gasteiger partial charge in [-0.2, -0.15) is 0 Å². The summed E-state index contributed by atoms with van der Waals surface area (Å²) in [5, 5.41) is 3.72. The lowest BCUT2D eigenvalue weighted by Crippen LogP contribution is -2.54. The first kappa shape index (κ1) is 17.6. The fourth-order valence-corrected chi connectivity index (χ4v) is 3.04. The van der Waals surface area contributed by atoms with Crippen LogP contribution in [0.5, 0.6) is 0 Å². The summed E-state index contributed by atoms with van der Waals surface area (Å²) in [4.78, 5) is 17.6. The van der Waals surface area contributed by atoms with E-state index in [0.29, 0.717) is 22.1 Å². The smallest absolute Gasteiger partial charge is 0.263 e. The number of hydrogen-bond donors (Lipinski definition) is 2. The van der Waals surface area contributed by atoms with Gasteiger partial charge in [-0.15, -0.1) is 11.3 Å². The Morgan fingerprint density at radius 1 is 1.39 bits per heavy atom. The maximum atomic E-state index is 13.0. The molecule has 1 aromatic heterocycles. The molecule has 0 aliphatic carbocycles. The SMILES string of the molecule is Cc1nc(-c2ccc(F)cc2)sc1C(=O)NC(C)(CN)C(C)C. The van der Waals surface area contributed by atoms with Gasteiger partial charge in [0, 0.05) is 12.1 Å². The van der Waals surface area contributed by atoms with Crippen LogP contribution >= 0.6 is 11.3 Å². The van der Waals surface area contributed by atoms with Gasteiger partial charge in [0.1, 0.15) is 15.7 Å². The van der Waals surface area contributed by atoms with E-state index in [9.17, 15) is 9.18 Å². The summed E-state index contributed by atoms with van der Waals surface area (Å²) in [6, 6.07) is 6.09. The largest absolute Gasteiger partial charge is 0.345 e. The van der Waals surface area contributed by atoms with E-state index in [1.165, 1.54) is 23.5 Å². The summed E-state index contributed by atoms with van der Waals surface area (Å²) in [5.41, 5.74) is 6.81. The molecule has 0 radical (unpaired) electrons. The molecule has 0 saturated heterocycles. The molecular weight excluding hydrogens is 313 g/mol. The van der Waals surface area contributed by atoms with Gasteiger partial charge >= 0.3 is 0 Å². The Labute approximate surface area is 139 Å². The average molecular weight is 335 g/mol. The van der Waals surface area contributed by atoms with Crippen LogP contribution in [0.15, 0.2) is 24.3 Å². The minimum Gasteiger partial charge on any atom is -0.345 e. The second-order valence-corrected chi connectivity index (χ2v) is 7.17. The quantitative estimate of drug-likeness (QED) is 0.880. The highest BCUT2D eigenvalue weighted by atomic mass is 32.1. The van der Waals surface area contributed by atoms with Crippen molar-refractivity contribution in [2.24, 2.45) is 11.7 Å². The molecule has 2 aromatic rings. The predicted molar refractivity (Wildman–Crippen MR) is 92.0 cm³/mol. The Hall–Kier alpha value is -1.79. The van der Waals surface area contributed by atoms with Crippen LogP contribution in [0.25, 0.3) is 10.6 Å². The van der Waals surface area contributed by atoms with Gasteiger partial charge in [-0.05, 0) is 44.0 Å². The predicted octanol–water partition coefficient (Wildman–Crippen LogP) is 3.36. The maximum absolute atomic E-state index is 13.0. The van der Waals surface area contributed by atoms with Gasteiger partial charge < -0.3 is 11.1 Å². The number of nitrogens with one attached hydrogen (secondary N) is 1. The summed E-state index contributed by atoms with van der Waals surface area (Å²) in [6.45, 7) is 8.15. The van der Waals surface area contributed by atoms with Gasteiger partial charge in [0.2, 0.25) is 0 Å². The molecule has 0 aliphatic rings. The summed E-state index contributed by atoms with van der Waals surface area (Å²) in [7, 11) is 0. The number of amides is 1. The molecule has 0 bridgehead atoms. The third-order valence-electron chi connectivity index (χ3n) is 4.19. The standard InChI is InChI=1S/C17H22FN3OS/c1-10(2)17(4,9-19)21-15(22)14-11(3)20-16(23-14)12-5-7-13(18)8-6-12/h5-8,10H,9,19H2,1-4H3,(H,21,22). The lowest BCUT2D eigenvalue weighted by molar-refractivity contribution is 0.0886. The number of carbonyl (C=O) groups excluding carboxylic acids is 1. The number of benzene rings is 1. The molecule has 3 N–H and O–H groups in total. The van der Waals surface area contributed by atoms with Crippen molar-refractivity contribution >= 4 is 17.2 Å². The highest BCUT2D eigenvalue weighted by Gasteiger charge is 2.30. The third kappa shape index (κ3) is 3.76. The molecule has 4 nitrogen and oxygen atoms in total. The van der Waals surface area contributed by atoms with Gasteiger partial charge in [-0.25, -0.2) is 9.37 Å². The van der Waals surface area contributed by atoms with Crippen molar-refractivity contribution in [2.45, 2.75) is 33.2 Å². The van der Waals surface area contributed by atoms with E-state index < -0.39 is 5.54 Å². The fourth-order valence-electron chi connectivity index (χ4n) is 2.07. The van der Waals surface area contributed by atoms with Crippen LogP contribution in [0.1, 0.15) is 36.1 Å². The summed E-state index contributed by atoms with van der Waals surface area (Å²) >= 11 is 1.30. The van der Waals surface area contributed by atoms with E-state index in [1.54, 1.807) is 19.1 Å². The van der Waals surface area contributed by atoms with Crippen LogP contribution in [0.3, 0.4) is 0 Å². The first-order valence-corrected chi connectivity index (χ1v) is 8.34. The van der Waals surface area contributed by atoms with E-state index in [2.05, 4.69) is 10.3 Å². The van der Waals surface area contributed by atoms with E-state index in [-0.39, 0.29) is 17.6 Å². The zero-order chi connectivity index (χ0) is 17.2. The van der Waals surface area contributed by atoms with Crippen molar-refractivity contribution in [2.75, 3.05) is 6.54 Å². The van der Waals surface area contributed by atoms with Crippen LogP contribution in [0.2, 0.25) is 0 Å². The van der Waals surface area contributed by atoms with Gasteiger partial charge in [0.25, 0.3) is 5.91 Å². The third-order valence-corrected chi connectivity index (χ3v) is 5.40. The summed E-state index contributed by atoms with van der Waals surface area (Å²) in [5.74, 6) is -0.258. The highest BCUT2D eigenvalue weighted by Crippen LogP contribution is 2.28. The van der Waals surface area contributed by atoms with E-state index in [0.717, 1.165) is 5.56 Å². The molecule has 1 amide bonds. The van der Waals surface area contributed by atoms with Crippen molar-refractivity contribution < 1.29 is 9.18 Å². The highest BCUT2D eigenvalue weighted by molar-refractivity contribution is 7.17. The number of aromatic nitrogens is 1. The Morgan fingerprint density at radius 2 is 2.00 bits per heavy atom. The minimum atomic E-state index is -0.469. The molecule has 124 valence electrons. The van der Waals surface area contributed by atoms with Gasteiger partial charge in [0.05, 0.1) is 11.2 Å². The lowest BCUT2D eigenvalue weighted by atomic mass is 9.88. The van der Waals surface area contributed by atoms with Crippen molar-refractivity contribution in [1.82, 2.24) is 10.3 Å².